The molecular formula is C21H20Cl2N4O3S. The molecule has 0 aliphatic carbocycles. The van der Waals surface area contributed by atoms with Gasteiger partial charge in [-0.3, -0.25) is 9.59 Å². The van der Waals surface area contributed by atoms with Gasteiger partial charge in [0.2, 0.25) is 5.91 Å². The molecule has 1 aromatic heterocycles. The van der Waals surface area contributed by atoms with E-state index in [4.69, 9.17) is 27.9 Å². The molecule has 0 unspecified atom stereocenters. The van der Waals surface area contributed by atoms with Crippen LogP contribution in [0.2, 0.25) is 10.0 Å². The van der Waals surface area contributed by atoms with E-state index in [-0.39, 0.29) is 24.1 Å². The van der Waals surface area contributed by atoms with Crippen molar-refractivity contribution in [1.82, 2.24) is 14.8 Å². The van der Waals surface area contributed by atoms with Crippen molar-refractivity contribution in [3.8, 4) is 5.75 Å². The van der Waals surface area contributed by atoms with E-state index in [1.165, 1.54) is 18.7 Å². The van der Waals surface area contributed by atoms with Crippen LogP contribution in [0.1, 0.15) is 30.0 Å². The summed E-state index contributed by atoms with van der Waals surface area (Å²) in [5.74, 6) is 0.940. The lowest BCUT2D eigenvalue weighted by Crippen LogP contribution is -2.15. The lowest BCUT2D eigenvalue weighted by molar-refractivity contribution is -0.113. The number of aromatic nitrogens is 3. The third-order valence-electron chi connectivity index (χ3n) is 4.24. The fraction of sp³-hybridized carbons (Fsp3) is 0.238. The molecular weight excluding hydrogens is 459 g/mol. The van der Waals surface area contributed by atoms with E-state index in [1.807, 2.05) is 11.5 Å². The van der Waals surface area contributed by atoms with Gasteiger partial charge < -0.3 is 14.6 Å². The minimum Gasteiger partial charge on any atom is -0.484 e. The van der Waals surface area contributed by atoms with E-state index in [2.05, 4.69) is 15.5 Å². The van der Waals surface area contributed by atoms with Crippen molar-refractivity contribution >= 4 is 52.3 Å². The molecule has 0 radical (unpaired) electrons. The molecule has 0 aliphatic heterocycles. The van der Waals surface area contributed by atoms with E-state index < -0.39 is 0 Å². The van der Waals surface area contributed by atoms with Crippen molar-refractivity contribution in [3.63, 3.8) is 0 Å². The van der Waals surface area contributed by atoms with Crippen molar-refractivity contribution in [1.29, 1.82) is 0 Å². The van der Waals surface area contributed by atoms with Crippen molar-refractivity contribution in [2.75, 3.05) is 11.1 Å². The van der Waals surface area contributed by atoms with Gasteiger partial charge in [-0.05, 0) is 38.1 Å². The summed E-state index contributed by atoms with van der Waals surface area (Å²) in [6.45, 7) is 4.21. The number of anilines is 1. The van der Waals surface area contributed by atoms with E-state index in [9.17, 15) is 9.59 Å². The highest BCUT2D eigenvalue weighted by atomic mass is 35.5. The second-order valence-corrected chi connectivity index (χ2v) is 8.27. The highest BCUT2D eigenvalue weighted by Gasteiger charge is 2.15. The van der Waals surface area contributed by atoms with Crippen LogP contribution >= 0.6 is 35.0 Å². The molecule has 3 aromatic rings. The van der Waals surface area contributed by atoms with Gasteiger partial charge in [-0.25, -0.2) is 0 Å². The highest BCUT2D eigenvalue weighted by molar-refractivity contribution is 7.99. The molecule has 0 fully saturated rings. The van der Waals surface area contributed by atoms with Crippen molar-refractivity contribution in [2.45, 2.75) is 32.2 Å². The standard InChI is InChI=1S/C21H20Cl2N4O3S/c1-3-27-19(11-30-18-10-15(22)7-8-17(18)23)25-26-21(27)31-12-20(29)24-16-6-4-5-14(9-16)13(2)28/h4-10H,3,11-12H2,1-2H3,(H,24,29). The SMILES string of the molecule is CCn1c(COc2cc(Cl)ccc2Cl)nnc1SCC(=O)Nc1cccc(C(C)=O)c1. The van der Waals surface area contributed by atoms with Crippen molar-refractivity contribution in [2.24, 2.45) is 0 Å². The number of carbonyl (C=O) groups excluding carboxylic acids is 2. The number of ether oxygens (including phenoxy) is 1. The van der Waals surface area contributed by atoms with Gasteiger partial charge in [-0.15, -0.1) is 10.2 Å². The zero-order valence-electron chi connectivity index (χ0n) is 16.9. The number of nitrogens with zero attached hydrogens (tertiary/aromatic N) is 3. The molecule has 7 nitrogen and oxygen atoms in total. The van der Waals surface area contributed by atoms with E-state index >= 15 is 0 Å². The van der Waals surface area contributed by atoms with Crippen LogP contribution < -0.4 is 10.1 Å². The lowest BCUT2D eigenvalue weighted by atomic mass is 10.1. The van der Waals surface area contributed by atoms with Gasteiger partial charge >= 0.3 is 0 Å². The minimum atomic E-state index is -0.208. The molecule has 1 N–H and O–H groups in total. The summed E-state index contributed by atoms with van der Waals surface area (Å²) >= 11 is 13.4. The first kappa shape index (κ1) is 23.1. The van der Waals surface area contributed by atoms with Crippen LogP contribution in [-0.4, -0.2) is 32.2 Å². The molecule has 2 aromatic carbocycles. The Hall–Kier alpha value is -2.55. The molecule has 0 saturated heterocycles. The van der Waals surface area contributed by atoms with Crippen LogP contribution in [0.25, 0.3) is 0 Å². The number of carbonyl (C=O) groups is 2. The smallest absolute Gasteiger partial charge is 0.234 e. The predicted octanol–water partition coefficient (Wildman–Crippen LogP) is 5.12. The molecule has 0 aliphatic rings. The summed E-state index contributed by atoms with van der Waals surface area (Å²) in [6.07, 6.45) is 0. The Morgan fingerprint density at radius 1 is 1.16 bits per heavy atom. The molecule has 0 spiro atoms. The summed E-state index contributed by atoms with van der Waals surface area (Å²) in [5, 5.41) is 12.7. The number of ketones is 1. The number of benzene rings is 2. The van der Waals surface area contributed by atoms with Crippen LogP contribution in [0.15, 0.2) is 47.6 Å². The van der Waals surface area contributed by atoms with Gasteiger partial charge in [-0.2, -0.15) is 0 Å². The zero-order chi connectivity index (χ0) is 22.4. The normalized spacial score (nSPS) is 10.7. The lowest BCUT2D eigenvalue weighted by Gasteiger charge is -2.10. The van der Waals surface area contributed by atoms with E-state index in [1.54, 1.807) is 42.5 Å². The maximum atomic E-state index is 12.3. The molecule has 0 bridgehead atoms. The second-order valence-electron chi connectivity index (χ2n) is 6.48. The number of halogens is 2. The van der Waals surface area contributed by atoms with Crippen LogP contribution in [0, 0.1) is 0 Å². The fourth-order valence-electron chi connectivity index (χ4n) is 2.72. The number of thioether (sulfide) groups is 1. The number of hydrogen-bond acceptors (Lipinski definition) is 6. The molecule has 0 saturated carbocycles. The van der Waals surface area contributed by atoms with Gasteiger partial charge in [0.1, 0.15) is 12.4 Å². The molecule has 1 amide bonds. The fourth-order valence-corrected chi connectivity index (χ4v) is 3.88. The number of nitrogens with one attached hydrogen (secondary N) is 1. The number of Topliss-reactive ketones (excluding diaryl/α,β-unsaturated/α-hetero) is 1. The van der Waals surface area contributed by atoms with Crippen LogP contribution in [0.5, 0.6) is 5.75 Å². The van der Waals surface area contributed by atoms with Gasteiger partial charge in [-0.1, -0.05) is 47.1 Å². The zero-order valence-corrected chi connectivity index (χ0v) is 19.2. The summed E-state index contributed by atoms with van der Waals surface area (Å²) < 4.78 is 7.61. The molecule has 162 valence electrons. The highest BCUT2D eigenvalue weighted by Crippen LogP contribution is 2.28. The Morgan fingerprint density at radius 3 is 2.71 bits per heavy atom. The maximum absolute atomic E-state index is 12.3. The quantitative estimate of drug-likeness (QED) is 0.339. The molecule has 3 rings (SSSR count). The average molecular weight is 479 g/mol. The first-order chi connectivity index (χ1) is 14.9. The Balaban J connectivity index is 1.60. The van der Waals surface area contributed by atoms with Crippen LogP contribution in [0.3, 0.4) is 0 Å². The third-order valence-corrected chi connectivity index (χ3v) is 5.76. The monoisotopic (exact) mass is 478 g/mol. The second kappa shape index (κ2) is 10.7. The van der Waals surface area contributed by atoms with Crippen molar-refractivity contribution < 1.29 is 14.3 Å². The Kier molecular flexibility index (Phi) is 7.95. The Bertz CT molecular complexity index is 1100. The van der Waals surface area contributed by atoms with Gasteiger partial charge in [0, 0.05) is 28.9 Å². The van der Waals surface area contributed by atoms with Crippen molar-refractivity contribution in [3.05, 3.63) is 63.9 Å². The number of rotatable bonds is 9. The third kappa shape index (κ3) is 6.22. The first-order valence-electron chi connectivity index (χ1n) is 9.41. The predicted molar refractivity (Wildman–Crippen MR) is 122 cm³/mol. The van der Waals surface area contributed by atoms with Gasteiger partial charge in [0.15, 0.2) is 16.8 Å². The van der Waals surface area contributed by atoms with Crippen LogP contribution in [0.4, 0.5) is 5.69 Å². The maximum Gasteiger partial charge on any atom is 0.234 e. The molecule has 0 atom stereocenters. The summed E-state index contributed by atoms with van der Waals surface area (Å²) in [6, 6.07) is 11.8. The van der Waals surface area contributed by atoms with Gasteiger partial charge in [0.25, 0.3) is 0 Å². The summed E-state index contributed by atoms with van der Waals surface area (Å²) in [7, 11) is 0. The number of amides is 1. The number of hydrogen-bond donors (Lipinski definition) is 1. The summed E-state index contributed by atoms with van der Waals surface area (Å²) in [5.41, 5.74) is 1.11. The van der Waals surface area contributed by atoms with Gasteiger partial charge in [0.05, 0.1) is 10.8 Å². The molecule has 10 heteroatoms. The Morgan fingerprint density at radius 2 is 1.97 bits per heavy atom. The largest absolute Gasteiger partial charge is 0.484 e. The molecule has 31 heavy (non-hydrogen) atoms. The minimum absolute atomic E-state index is 0.0599. The topological polar surface area (TPSA) is 86.1 Å². The van der Waals surface area contributed by atoms with E-state index in [0.717, 1.165) is 0 Å². The average Bonchev–Trinajstić information content (AvgIpc) is 3.14. The molecule has 1 heterocycles. The van der Waals surface area contributed by atoms with Crippen LogP contribution in [-0.2, 0) is 17.9 Å². The first-order valence-corrected chi connectivity index (χ1v) is 11.1. The Labute approximate surface area is 194 Å². The van der Waals surface area contributed by atoms with E-state index in [0.29, 0.717) is 44.6 Å². The summed E-state index contributed by atoms with van der Waals surface area (Å²) in [4.78, 5) is 23.8.